The number of amides is 2. The number of anilines is 2. The monoisotopic (exact) mass is 497 g/mol. The van der Waals surface area contributed by atoms with Crippen molar-refractivity contribution in [2.24, 2.45) is 5.92 Å². The second-order valence-electron chi connectivity index (χ2n) is 7.42. The van der Waals surface area contributed by atoms with Crippen molar-refractivity contribution in [3.05, 3.63) is 65.9 Å². The van der Waals surface area contributed by atoms with Gasteiger partial charge in [-0.1, -0.05) is 18.2 Å². The zero-order valence-electron chi connectivity index (χ0n) is 19.8. The van der Waals surface area contributed by atoms with Crippen molar-refractivity contribution < 1.29 is 28.5 Å². The van der Waals surface area contributed by atoms with E-state index in [1.807, 2.05) is 12.2 Å². The maximum Gasteiger partial charge on any atom is 0.257 e. The van der Waals surface area contributed by atoms with Crippen LogP contribution in [0.3, 0.4) is 0 Å². The molecule has 0 aliphatic heterocycles. The molecule has 35 heavy (non-hydrogen) atoms. The van der Waals surface area contributed by atoms with Gasteiger partial charge in [0, 0.05) is 23.4 Å². The second-order valence-corrected chi connectivity index (χ2v) is 7.83. The number of carbonyl (C=O) groups is 2. The van der Waals surface area contributed by atoms with E-state index >= 15 is 0 Å². The normalized spacial score (nSPS) is 14.3. The third-order valence-electron chi connectivity index (χ3n) is 5.19. The molecule has 3 N–H and O–H groups in total. The van der Waals surface area contributed by atoms with Crippen LogP contribution in [0, 0.1) is 5.92 Å². The molecule has 1 unspecified atom stereocenters. The highest BCUT2D eigenvalue weighted by Crippen LogP contribution is 2.38. The summed E-state index contributed by atoms with van der Waals surface area (Å²) in [7, 11) is 6.00. The van der Waals surface area contributed by atoms with Gasteiger partial charge in [-0.3, -0.25) is 14.9 Å². The van der Waals surface area contributed by atoms with Gasteiger partial charge in [0.2, 0.25) is 11.7 Å². The number of rotatable bonds is 8. The van der Waals surface area contributed by atoms with E-state index in [1.54, 1.807) is 37.5 Å². The molecule has 0 saturated carbocycles. The Labute approximate surface area is 209 Å². The smallest absolute Gasteiger partial charge is 0.257 e. The molecule has 0 fully saturated rings. The Bertz CT molecular complexity index is 1150. The maximum absolute atomic E-state index is 12.8. The minimum absolute atomic E-state index is 0.0808. The Morgan fingerprint density at radius 1 is 0.914 bits per heavy atom. The molecule has 10 heteroatoms. The van der Waals surface area contributed by atoms with E-state index in [9.17, 15) is 9.59 Å². The number of hydrogen-bond donors (Lipinski definition) is 3. The van der Waals surface area contributed by atoms with Crippen LogP contribution in [-0.2, 0) is 9.53 Å². The van der Waals surface area contributed by atoms with Crippen LogP contribution in [0.25, 0.3) is 0 Å². The van der Waals surface area contributed by atoms with Crippen molar-refractivity contribution in [1.82, 2.24) is 5.32 Å². The van der Waals surface area contributed by atoms with Crippen molar-refractivity contribution in [3.63, 3.8) is 0 Å². The van der Waals surface area contributed by atoms with E-state index in [0.717, 1.165) is 5.76 Å². The molecule has 9 nitrogen and oxygen atoms in total. The molecular weight excluding hydrogens is 470 g/mol. The second kappa shape index (κ2) is 11.9. The lowest BCUT2D eigenvalue weighted by Gasteiger charge is -2.18. The predicted molar refractivity (Wildman–Crippen MR) is 137 cm³/mol. The summed E-state index contributed by atoms with van der Waals surface area (Å²) < 4.78 is 21.1. The summed E-state index contributed by atoms with van der Waals surface area (Å²) in [4.78, 5) is 25.4. The van der Waals surface area contributed by atoms with E-state index in [1.165, 1.54) is 33.5 Å². The van der Waals surface area contributed by atoms with Crippen LogP contribution in [0.15, 0.2) is 60.4 Å². The molecule has 0 aromatic heterocycles. The first-order valence-corrected chi connectivity index (χ1v) is 11.0. The van der Waals surface area contributed by atoms with Crippen molar-refractivity contribution in [3.8, 4) is 17.2 Å². The number of carbonyl (C=O) groups excluding carboxylic acids is 2. The minimum Gasteiger partial charge on any atom is -0.501 e. The number of benzene rings is 2. The Morgan fingerprint density at radius 2 is 1.57 bits per heavy atom. The fourth-order valence-corrected chi connectivity index (χ4v) is 3.65. The molecule has 2 aromatic carbocycles. The van der Waals surface area contributed by atoms with Gasteiger partial charge in [-0.2, -0.15) is 0 Å². The average Bonchev–Trinajstić information content (AvgIpc) is 2.87. The minimum atomic E-state index is -0.461. The fourth-order valence-electron chi connectivity index (χ4n) is 3.44. The molecule has 184 valence electrons. The molecule has 0 saturated heterocycles. The van der Waals surface area contributed by atoms with Gasteiger partial charge >= 0.3 is 0 Å². The number of nitrogens with one attached hydrogen (secondary N) is 3. The van der Waals surface area contributed by atoms with Crippen LogP contribution < -0.4 is 30.2 Å². The largest absolute Gasteiger partial charge is 0.501 e. The summed E-state index contributed by atoms with van der Waals surface area (Å²) in [5.41, 5.74) is 1.45. The molecule has 1 aliphatic carbocycles. The number of hydrogen-bond acceptors (Lipinski definition) is 7. The lowest BCUT2D eigenvalue weighted by Crippen LogP contribution is -2.34. The van der Waals surface area contributed by atoms with Gasteiger partial charge in [0.25, 0.3) is 5.91 Å². The average molecular weight is 498 g/mol. The Morgan fingerprint density at radius 3 is 2.17 bits per heavy atom. The van der Waals surface area contributed by atoms with Crippen LogP contribution in [0.4, 0.5) is 11.4 Å². The highest BCUT2D eigenvalue weighted by atomic mass is 32.1. The number of methoxy groups -OCH3 is 4. The standard InChI is InChI=1S/C25H27N3O6S/c1-31-19-10-5-7-15(11-19)23(29)26-17-8-6-9-18(14-17)27-25(35)28-24(30)16-12-20(32-2)22(34-4)21(13-16)33-3/h5-10,12-15H,11H2,1-4H3,(H,26,29)(H2,27,28,30,35). The van der Waals surface area contributed by atoms with Gasteiger partial charge in [-0.25, -0.2) is 0 Å². The molecule has 2 amide bonds. The number of thiocarbonyl (C=S) groups is 1. The lowest BCUT2D eigenvalue weighted by atomic mass is 9.98. The first-order chi connectivity index (χ1) is 16.9. The van der Waals surface area contributed by atoms with Crippen LogP contribution in [0.5, 0.6) is 17.2 Å². The van der Waals surface area contributed by atoms with Gasteiger partial charge in [0.15, 0.2) is 16.6 Å². The number of ether oxygens (including phenoxy) is 4. The first-order valence-electron chi connectivity index (χ1n) is 10.6. The van der Waals surface area contributed by atoms with Crippen LogP contribution >= 0.6 is 12.2 Å². The topological polar surface area (TPSA) is 107 Å². The van der Waals surface area contributed by atoms with Gasteiger partial charge < -0.3 is 29.6 Å². The van der Waals surface area contributed by atoms with Gasteiger partial charge in [-0.05, 0) is 48.6 Å². The van der Waals surface area contributed by atoms with Crippen molar-refractivity contribution in [2.45, 2.75) is 6.42 Å². The summed E-state index contributed by atoms with van der Waals surface area (Å²) >= 11 is 5.30. The SMILES string of the molecule is COC1=CC=CC(C(=O)Nc2cccc(NC(=S)NC(=O)c3cc(OC)c(OC)c(OC)c3)c2)C1. The molecule has 0 heterocycles. The van der Waals surface area contributed by atoms with Crippen molar-refractivity contribution in [2.75, 3.05) is 39.1 Å². The fraction of sp³-hybridized carbons (Fsp3) is 0.240. The van der Waals surface area contributed by atoms with E-state index < -0.39 is 5.91 Å². The van der Waals surface area contributed by atoms with E-state index in [-0.39, 0.29) is 22.5 Å². The maximum atomic E-state index is 12.8. The van der Waals surface area contributed by atoms with Crippen molar-refractivity contribution in [1.29, 1.82) is 0 Å². The van der Waals surface area contributed by atoms with E-state index in [0.29, 0.717) is 35.0 Å². The Balaban J connectivity index is 1.63. The zero-order chi connectivity index (χ0) is 25.4. The third kappa shape index (κ3) is 6.51. The molecule has 2 aromatic rings. The van der Waals surface area contributed by atoms with E-state index in [2.05, 4.69) is 16.0 Å². The molecule has 0 spiro atoms. The third-order valence-corrected chi connectivity index (χ3v) is 5.39. The molecule has 1 aliphatic rings. The zero-order valence-corrected chi connectivity index (χ0v) is 20.7. The molecule has 0 radical (unpaired) electrons. The Kier molecular flexibility index (Phi) is 8.69. The van der Waals surface area contributed by atoms with E-state index in [4.69, 9.17) is 31.2 Å². The quantitative estimate of drug-likeness (QED) is 0.472. The van der Waals surface area contributed by atoms with Crippen molar-refractivity contribution >= 4 is 40.5 Å². The summed E-state index contributed by atoms with van der Waals surface area (Å²) in [5, 5.41) is 8.54. The van der Waals surface area contributed by atoms with Gasteiger partial charge in [0.05, 0.1) is 40.1 Å². The van der Waals surface area contributed by atoms with Gasteiger partial charge in [-0.15, -0.1) is 0 Å². The lowest BCUT2D eigenvalue weighted by molar-refractivity contribution is -0.118. The van der Waals surface area contributed by atoms with Gasteiger partial charge in [0.1, 0.15) is 0 Å². The molecule has 3 rings (SSSR count). The van der Waals surface area contributed by atoms with Crippen LogP contribution in [0.2, 0.25) is 0 Å². The summed E-state index contributed by atoms with van der Waals surface area (Å²) in [6, 6.07) is 10.1. The Hall–Kier alpha value is -4.05. The number of allylic oxidation sites excluding steroid dienone is 3. The molecule has 0 bridgehead atoms. The highest BCUT2D eigenvalue weighted by molar-refractivity contribution is 7.80. The summed E-state index contributed by atoms with van der Waals surface area (Å²) in [5.74, 6) is 0.878. The summed E-state index contributed by atoms with van der Waals surface area (Å²) in [6.45, 7) is 0. The van der Waals surface area contributed by atoms with Crippen LogP contribution in [0.1, 0.15) is 16.8 Å². The highest BCUT2D eigenvalue weighted by Gasteiger charge is 2.20. The van der Waals surface area contributed by atoms with Crippen LogP contribution in [-0.4, -0.2) is 45.4 Å². The molecular formula is C25H27N3O6S. The predicted octanol–water partition coefficient (Wildman–Crippen LogP) is 3.88. The summed E-state index contributed by atoms with van der Waals surface area (Å²) in [6.07, 6.45) is 5.96. The first kappa shape index (κ1) is 25.6. The molecule has 1 atom stereocenters.